The van der Waals surface area contributed by atoms with E-state index in [1.807, 2.05) is 0 Å². The van der Waals surface area contributed by atoms with Crippen LogP contribution >= 0.6 is 23.5 Å². The van der Waals surface area contributed by atoms with Crippen molar-refractivity contribution in [3.8, 4) is 0 Å². The van der Waals surface area contributed by atoms with Crippen LogP contribution in [-0.2, 0) is 4.79 Å². The fraction of sp³-hybridized carbons (Fsp3) is 0.903. The molecule has 0 radical (unpaired) electrons. The van der Waals surface area contributed by atoms with Crippen molar-refractivity contribution in [3.63, 3.8) is 0 Å². The number of carboxylic acid groups (broad SMARTS) is 1. The molecule has 0 amide bonds. The van der Waals surface area contributed by atoms with Gasteiger partial charge in [0.2, 0.25) is 0 Å². The number of unbranched alkanes of at least 4 members (excludes halogenated alkanes) is 22. The molecule has 1 N–H and O–H groups in total. The maximum atomic E-state index is 10.4. The maximum absolute atomic E-state index is 10.4. The molecule has 0 aliphatic heterocycles. The highest BCUT2D eigenvalue weighted by Gasteiger charge is 1.96. The summed E-state index contributed by atoms with van der Waals surface area (Å²) in [6.45, 7) is 2.30. The summed E-state index contributed by atoms with van der Waals surface area (Å²) in [4.78, 5) is 10.4. The zero-order valence-electron chi connectivity index (χ0n) is 23.4. The standard InChI is InChI=1S/C31H60O2S2/c1-2-3-4-5-6-7-8-9-10-11-12-13-14-17-20-23-27-34-28-24-21-18-15-16-19-22-25-29-35-30-26-31(32)33/h26,30H,2-25,27-29H2,1H3,(H,32,33). The first-order chi connectivity index (χ1) is 17.3. The van der Waals surface area contributed by atoms with E-state index in [9.17, 15) is 4.79 Å². The second kappa shape index (κ2) is 31.9. The Bertz CT molecular complexity index is 440. The molecule has 2 nitrogen and oxygen atoms in total. The van der Waals surface area contributed by atoms with Gasteiger partial charge in [-0.15, -0.1) is 11.8 Å². The summed E-state index contributed by atoms with van der Waals surface area (Å²) in [7, 11) is 0. The van der Waals surface area contributed by atoms with E-state index in [1.54, 1.807) is 17.2 Å². The van der Waals surface area contributed by atoms with Gasteiger partial charge in [0.05, 0.1) is 0 Å². The van der Waals surface area contributed by atoms with Gasteiger partial charge in [-0.3, -0.25) is 0 Å². The summed E-state index contributed by atoms with van der Waals surface area (Å²) < 4.78 is 0. The highest BCUT2D eigenvalue weighted by Crippen LogP contribution is 2.16. The number of hydrogen-bond acceptors (Lipinski definition) is 3. The third kappa shape index (κ3) is 33.9. The summed E-state index contributed by atoms with van der Waals surface area (Å²) in [5.74, 6) is 2.93. The lowest BCUT2D eigenvalue weighted by molar-refractivity contribution is -0.131. The third-order valence-corrected chi connectivity index (χ3v) is 8.76. The van der Waals surface area contributed by atoms with Gasteiger partial charge in [0.1, 0.15) is 0 Å². The van der Waals surface area contributed by atoms with Crippen LogP contribution < -0.4 is 0 Å². The second-order valence-corrected chi connectivity index (χ2v) is 12.5. The molecule has 0 saturated carbocycles. The topological polar surface area (TPSA) is 37.3 Å². The van der Waals surface area contributed by atoms with Crippen LogP contribution in [0.3, 0.4) is 0 Å². The summed E-state index contributed by atoms with van der Waals surface area (Å²) in [6.07, 6.45) is 35.3. The van der Waals surface area contributed by atoms with E-state index in [-0.39, 0.29) is 0 Å². The van der Waals surface area contributed by atoms with Gasteiger partial charge in [-0.25, -0.2) is 4.79 Å². The largest absolute Gasteiger partial charge is 0.478 e. The molecule has 0 aromatic heterocycles. The fourth-order valence-corrected chi connectivity index (χ4v) is 6.22. The van der Waals surface area contributed by atoms with Crippen LogP contribution in [0.4, 0.5) is 0 Å². The van der Waals surface area contributed by atoms with E-state index in [2.05, 4.69) is 18.7 Å². The molecule has 0 aliphatic carbocycles. The van der Waals surface area contributed by atoms with E-state index in [0.717, 1.165) is 5.75 Å². The van der Waals surface area contributed by atoms with Gasteiger partial charge in [-0.1, -0.05) is 142 Å². The molecular formula is C31H60O2S2. The Morgan fingerprint density at radius 1 is 0.514 bits per heavy atom. The Labute approximate surface area is 228 Å². The van der Waals surface area contributed by atoms with Gasteiger partial charge in [-0.2, -0.15) is 11.8 Å². The minimum Gasteiger partial charge on any atom is -0.478 e. The normalized spacial score (nSPS) is 11.6. The molecule has 4 heteroatoms. The van der Waals surface area contributed by atoms with Crippen LogP contribution in [0.5, 0.6) is 0 Å². The monoisotopic (exact) mass is 528 g/mol. The first kappa shape index (κ1) is 34.9. The van der Waals surface area contributed by atoms with Gasteiger partial charge < -0.3 is 5.11 Å². The van der Waals surface area contributed by atoms with E-state index in [1.165, 1.54) is 172 Å². The highest BCUT2D eigenvalue weighted by molar-refractivity contribution is 8.02. The summed E-state index contributed by atoms with van der Waals surface area (Å²) in [5, 5.41) is 10.2. The second-order valence-electron chi connectivity index (χ2n) is 10.3. The van der Waals surface area contributed by atoms with Crippen molar-refractivity contribution in [2.24, 2.45) is 0 Å². The fourth-order valence-electron chi connectivity index (χ4n) is 4.48. The molecular weight excluding hydrogens is 468 g/mol. The number of aliphatic carboxylic acids is 1. The quantitative estimate of drug-likeness (QED) is 0.0743. The average Bonchev–Trinajstić information content (AvgIpc) is 2.85. The van der Waals surface area contributed by atoms with E-state index in [4.69, 9.17) is 5.11 Å². The van der Waals surface area contributed by atoms with Crippen LogP contribution in [0.1, 0.15) is 161 Å². The molecule has 0 saturated heterocycles. The smallest absolute Gasteiger partial charge is 0.328 e. The number of carboxylic acids is 1. The van der Waals surface area contributed by atoms with Crippen LogP contribution in [0.2, 0.25) is 0 Å². The summed E-state index contributed by atoms with van der Waals surface area (Å²) in [5.41, 5.74) is 0. The minimum absolute atomic E-state index is 0.851. The Morgan fingerprint density at radius 2 is 0.829 bits per heavy atom. The average molecular weight is 529 g/mol. The molecule has 0 aromatic rings. The van der Waals surface area contributed by atoms with Crippen LogP contribution in [0.15, 0.2) is 11.5 Å². The Balaban J connectivity index is 3.04. The molecule has 0 atom stereocenters. The van der Waals surface area contributed by atoms with Crippen molar-refractivity contribution in [1.82, 2.24) is 0 Å². The van der Waals surface area contributed by atoms with Crippen molar-refractivity contribution in [2.75, 3.05) is 17.3 Å². The Kier molecular flexibility index (Phi) is 31.9. The first-order valence-electron chi connectivity index (χ1n) is 15.4. The molecule has 0 heterocycles. The van der Waals surface area contributed by atoms with E-state index in [0.29, 0.717) is 0 Å². The molecule has 0 unspecified atom stereocenters. The van der Waals surface area contributed by atoms with Gasteiger partial charge in [0, 0.05) is 6.08 Å². The molecule has 208 valence electrons. The molecule has 0 aliphatic rings. The molecule has 0 spiro atoms. The van der Waals surface area contributed by atoms with Crippen molar-refractivity contribution in [1.29, 1.82) is 0 Å². The predicted octanol–water partition coefficient (Wildman–Crippen LogP) is 11.4. The minimum atomic E-state index is -0.851. The summed E-state index contributed by atoms with van der Waals surface area (Å²) in [6, 6.07) is 0. The van der Waals surface area contributed by atoms with Crippen molar-refractivity contribution in [3.05, 3.63) is 11.5 Å². The molecule has 0 bridgehead atoms. The Morgan fingerprint density at radius 3 is 1.17 bits per heavy atom. The van der Waals surface area contributed by atoms with Crippen molar-refractivity contribution < 1.29 is 9.90 Å². The van der Waals surface area contributed by atoms with Crippen LogP contribution in [0, 0.1) is 0 Å². The lowest BCUT2D eigenvalue weighted by atomic mass is 10.0. The molecule has 0 fully saturated rings. The van der Waals surface area contributed by atoms with E-state index >= 15 is 0 Å². The zero-order valence-corrected chi connectivity index (χ0v) is 25.1. The van der Waals surface area contributed by atoms with Gasteiger partial charge in [0.25, 0.3) is 0 Å². The molecule has 0 aromatic carbocycles. The number of carbonyl (C=O) groups is 1. The van der Waals surface area contributed by atoms with Gasteiger partial charge >= 0.3 is 5.97 Å². The van der Waals surface area contributed by atoms with Gasteiger partial charge in [-0.05, 0) is 41.9 Å². The molecule has 35 heavy (non-hydrogen) atoms. The van der Waals surface area contributed by atoms with Crippen LogP contribution in [-0.4, -0.2) is 28.3 Å². The van der Waals surface area contributed by atoms with Crippen molar-refractivity contribution in [2.45, 2.75) is 161 Å². The summed E-state index contributed by atoms with van der Waals surface area (Å²) >= 11 is 3.79. The predicted molar refractivity (Wildman–Crippen MR) is 163 cm³/mol. The third-order valence-electron chi connectivity index (χ3n) is 6.75. The number of thioether (sulfide) groups is 2. The van der Waals surface area contributed by atoms with Crippen molar-refractivity contribution >= 4 is 29.5 Å². The van der Waals surface area contributed by atoms with Crippen LogP contribution in [0.25, 0.3) is 0 Å². The number of rotatable bonds is 30. The van der Waals surface area contributed by atoms with Gasteiger partial charge in [0.15, 0.2) is 0 Å². The maximum Gasteiger partial charge on any atom is 0.328 e. The Hall–Kier alpha value is -0.0900. The number of hydrogen-bond donors (Lipinski definition) is 1. The first-order valence-corrected chi connectivity index (χ1v) is 17.6. The lowest BCUT2D eigenvalue weighted by Gasteiger charge is -2.04. The highest BCUT2D eigenvalue weighted by atomic mass is 32.2. The zero-order chi connectivity index (χ0) is 25.5. The van der Waals surface area contributed by atoms with E-state index < -0.39 is 5.97 Å². The lowest BCUT2D eigenvalue weighted by Crippen LogP contribution is -1.87. The molecule has 0 rings (SSSR count). The SMILES string of the molecule is CCCCCCCCCCCCCCCCCCSCCCCCCCCCCSC=CC(=O)O.